The molecule has 0 aliphatic heterocycles. The van der Waals surface area contributed by atoms with Crippen molar-refractivity contribution in [1.82, 2.24) is 0 Å². The second kappa shape index (κ2) is 9.58. The van der Waals surface area contributed by atoms with Crippen LogP contribution in [0.15, 0.2) is 0 Å². The average Bonchev–Trinajstić information content (AvgIpc) is 2.55. The molecular formula is C25H48O5. The monoisotopic (exact) mass is 428 g/mol. The van der Waals surface area contributed by atoms with Crippen LogP contribution in [0.3, 0.4) is 0 Å². The van der Waals surface area contributed by atoms with E-state index in [4.69, 9.17) is 9.47 Å². The first-order chi connectivity index (χ1) is 13.1. The quantitative estimate of drug-likeness (QED) is 0.447. The Kier molecular flexibility index (Phi) is 9.23. The maximum atomic E-state index is 13.2. The van der Waals surface area contributed by atoms with E-state index in [9.17, 15) is 14.7 Å². The molecule has 0 radical (unpaired) electrons. The summed E-state index contributed by atoms with van der Waals surface area (Å²) < 4.78 is 11.2. The zero-order valence-corrected chi connectivity index (χ0v) is 21.9. The molecule has 1 N–H and O–H groups in total. The van der Waals surface area contributed by atoms with E-state index in [1.165, 1.54) is 0 Å². The van der Waals surface area contributed by atoms with Crippen LogP contribution >= 0.6 is 0 Å². The molecule has 0 aliphatic carbocycles. The van der Waals surface area contributed by atoms with E-state index in [0.29, 0.717) is 6.42 Å². The van der Waals surface area contributed by atoms with Gasteiger partial charge in [-0.05, 0) is 64.2 Å². The number of aliphatic hydroxyl groups is 1. The second-order valence-electron chi connectivity index (χ2n) is 12.2. The zero-order chi connectivity index (χ0) is 24.3. The van der Waals surface area contributed by atoms with Crippen LogP contribution in [0.1, 0.15) is 103 Å². The first-order valence-corrected chi connectivity index (χ1v) is 11.2. The van der Waals surface area contributed by atoms with Crippen LogP contribution in [-0.2, 0) is 19.1 Å². The van der Waals surface area contributed by atoms with E-state index in [2.05, 4.69) is 48.5 Å². The largest absolute Gasteiger partial charge is 0.463 e. The Morgan fingerprint density at radius 1 is 0.900 bits per heavy atom. The number of hydrogen-bond acceptors (Lipinski definition) is 5. The summed E-state index contributed by atoms with van der Waals surface area (Å²) >= 11 is 0. The van der Waals surface area contributed by atoms with Crippen LogP contribution in [-0.4, -0.2) is 35.4 Å². The Balaban J connectivity index is 5.96. The van der Waals surface area contributed by atoms with E-state index >= 15 is 0 Å². The molecule has 0 aromatic heterocycles. The van der Waals surface area contributed by atoms with Gasteiger partial charge < -0.3 is 14.6 Å². The van der Waals surface area contributed by atoms with Crippen molar-refractivity contribution < 1.29 is 24.2 Å². The molecule has 2 unspecified atom stereocenters. The van der Waals surface area contributed by atoms with Crippen LogP contribution in [0, 0.1) is 27.6 Å². The van der Waals surface area contributed by atoms with Crippen LogP contribution in [0.2, 0.25) is 0 Å². The Morgan fingerprint density at radius 2 is 1.37 bits per heavy atom. The molecule has 0 aliphatic rings. The van der Waals surface area contributed by atoms with Gasteiger partial charge in [-0.1, -0.05) is 54.9 Å². The van der Waals surface area contributed by atoms with Crippen molar-refractivity contribution in [2.45, 2.75) is 115 Å². The summed E-state index contributed by atoms with van der Waals surface area (Å²) in [6.45, 7) is 25.6. The molecule has 0 rings (SSSR count). The molecule has 0 aromatic rings. The van der Waals surface area contributed by atoms with Crippen molar-refractivity contribution in [3.8, 4) is 0 Å². The molecule has 0 fully saturated rings. The van der Waals surface area contributed by atoms with E-state index in [1.54, 1.807) is 6.92 Å². The molecule has 0 aromatic carbocycles. The number of rotatable bonds is 10. The van der Waals surface area contributed by atoms with Crippen molar-refractivity contribution in [2.24, 2.45) is 27.6 Å². The molecule has 0 spiro atoms. The smallest absolute Gasteiger partial charge is 0.312 e. The van der Waals surface area contributed by atoms with E-state index < -0.39 is 22.5 Å². The van der Waals surface area contributed by atoms with Gasteiger partial charge in [0.05, 0.1) is 17.4 Å². The van der Waals surface area contributed by atoms with Gasteiger partial charge in [-0.15, -0.1) is 0 Å². The highest BCUT2D eigenvalue weighted by Gasteiger charge is 2.55. The minimum absolute atomic E-state index is 0.0256. The van der Waals surface area contributed by atoms with Crippen molar-refractivity contribution in [3.63, 3.8) is 0 Å². The normalized spacial score (nSPS) is 16.1. The maximum absolute atomic E-state index is 13.2. The predicted molar refractivity (Wildman–Crippen MR) is 122 cm³/mol. The minimum Gasteiger partial charge on any atom is -0.463 e. The standard InChI is InChI=1S/C25H48O5/c1-14-22(6,7)18(19(27)30-21(3,4)5)15-23(8,9)25(12,13)24(10,11)20(28)29-16-17(2)26/h17-18,26H,14-16H2,1-13H3. The summed E-state index contributed by atoms with van der Waals surface area (Å²) in [6.07, 6.45) is 0.721. The van der Waals surface area contributed by atoms with Gasteiger partial charge >= 0.3 is 11.9 Å². The van der Waals surface area contributed by atoms with E-state index in [-0.39, 0.29) is 35.3 Å². The van der Waals surface area contributed by atoms with Gasteiger partial charge in [-0.25, -0.2) is 0 Å². The van der Waals surface area contributed by atoms with Gasteiger partial charge in [0.15, 0.2) is 0 Å². The van der Waals surface area contributed by atoms with Crippen LogP contribution < -0.4 is 0 Å². The lowest BCUT2D eigenvalue weighted by Crippen LogP contribution is -2.52. The summed E-state index contributed by atoms with van der Waals surface area (Å²) in [7, 11) is 0. The van der Waals surface area contributed by atoms with Gasteiger partial charge in [-0.2, -0.15) is 0 Å². The topological polar surface area (TPSA) is 72.8 Å². The summed E-state index contributed by atoms with van der Waals surface area (Å²) in [5.41, 5.74) is -2.50. The van der Waals surface area contributed by atoms with Crippen molar-refractivity contribution in [3.05, 3.63) is 0 Å². The summed E-state index contributed by atoms with van der Waals surface area (Å²) in [5, 5.41) is 9.49. The molecule has 2 atom stereocenters. The Hall–Kier alpha value is -1.10. The maximum Gasteiger partial charge on any atom is 0.312 e. The third-order valence-electron chi connectivity index (χ3n) is 7.48. The number of carbonyl (C=O) groups excluding carboxylic acids is 2. The van der Waals surface area contributed by atoms with E-state index in [0.717, 1.165) is 6.42 Å². The fourth-order valence-electron chi connectivity index (χ4n) is 3.54. The number of aliphatic hydroxyl groups excluding tert-OH is 1. The van der Waals surface area contributed by atoms with Crippen molar-refractivity contribution >= 4 is 11.9 Å². The third kappa shape index (κ3) is 6.96. The highest BCUT2D eigenvalue weighted by atomic mass is 16.6. The third-order valence-corrected chi connectivity index (χ3v) is 7.48. The predicted octanol–water partition coefficient (Wildman–Crippen LogP) is 5.77. The van der Waals surface area contributed by atoms with Crippen molar-refractivity contribution in [1.29, 1.82) is 0 Å². The number of ether oxygens (including phenoxy) is 2. The first kappa shape index (κ1) is 28.9. The molecule has 0 bridgehead atoms. The molecular weight excluding hydrogens is 380 g/mol. The molecule has 0 saturated carbocycles. The lowest BCUT2D eigenvalue weighted by Gasteiger charge is -2.52. The molecule has 0 heterocycles. The number of hydrogen-bond donors (Lipinski definition) is 1. The molecule has 5 heteroatoms. The van der Waals surface area contributed by atoms with Gasteiger partial charge in [0.1, 0.15) is 12.2 Å². The fourth-order valence-corrected chi connectivity index (χ4v) is 3.54. The molecule has 0 amide bonds. The summed E-state index contributed by atoms with van der Waals surface area (Å²) in [6, 6.07) is 0. The summed E-state index contributed by atoms with van der Waals surface area (Å²) in [4.78, 5) is 26.1. The van der Waals surface area contributed by atoms with Crippen LogP contribution in [0.5, 0.6) is 0 Å². The Labute approximate surface area is 185 Å². The molecule has 178 valence electrons. The lowest BCUT2D eigenvalue weighted by atomic mass is 9.51. The highest BCUT2D eigenvalue weighted by Crippen LogP contribution is 2.56. The summed E-state index contributed by atoms with van der Waals surface area (Å²) in [5.74, 6) is -0.835. The van der Waals surface area contributed by atoms with E-state index in [1.807, 2.05) is 34.6 Å². The van der Waals surface area contributed by atoms with Crippen molar-refractivity contribution in [2.75, 3.05) is 6.61 Å². The minimum atomic E-state index is -0.819. The van der Waals surface area contributed by atoms with Crippen LogP contribution in [0.4, 0.5) is 0 Å². The number of esters is 2. The molecule has 5 nitrogen and oxygen atoms in total. The van der Waals surface area contributed by atoms with Gasteiger partial charge in [-0.3, -0.25) is 9.59 Å². The first-order valence-electron chi connectivity index (χ1n) is 11.2. The van der Waals surface area contributed by atoms with Gasteiger partial charge in [0.25, 0.3) is 0 Å². The number of carbonyl (C=O) groups is 2. The Morgan fingerprint density at radius 3 is 1.73 bits per heavy atom. The SMILES string of the molecule is CCC(C)(C)C(CC(C)(C)C(C)(C)C(C)(C)C(=O)OCC(C)O)C(=O)OC(C)(C)C. The average molecular weight is 429 g/mol. The lowest BCUT2D eigenvalue weighted by molar-refractivity contribution is -0.175. The molecule has 0 saturated heterocycles. The van der Waals surface area contributed by atoms with Gasteiger partial charge in [0.2, 0.25) is 0 Å². The second-order valence-corrected chi connectivity index (χ2v) is 12.2. The Bertz CT molecular complexity index is 591. The highest BCUT2D eigenvalue weighted by molar-refractivity contribution is 5.77. The molecule has 30 heavy (non-hydrogen) atoms. The van der Waals surface area contributed by atoms with Crippen LogP contribution in [0.25, 0.3) is 0 Å². The fraction of sp³-hybridized carbons (Fsp3) is 0.920. The zero-order valence-electron chi connectivity index (χ0n) is 21.9. The van der Waals surface area contributed by atoms with Gasteiger partial charge in [0, 0.05) is 0 Å².